The summed E-state index contributed by atoms with van der Waals surface area (Å²) in [6, 6.07) is 2.50. The summed E-state index contributed by atoms with van der Waals surface area (Å²) < 4.78 is 17.5. The van der Waals surface area contributed by atoms with E-state index in [0.29, 0.717) is 6.29 Å². The summed E-state index contributed by atoms with van der Waals surface area (Å²) >= 11 is 5.49. The van der Waals surface area contributed by atoms with E-state index < -0.39 is 5.82 Å². The van der Waals surface area contributed by atoms with Crippen LogP contribution in [0.3, 0.4) is 0 Å². The van der Waals surface area contributed by atoms with Gasteiger partial charge in [-0.2, -0.15) is 0 Å². The predicted molar refractivity (Wildman–Crippen MR) is 43.3 cm³/mol. The number of carbonyl (C=O) groups is 1. The molecule has 1 rings (SSSR count). The van der Waals surface area contributed by atoms with Crippen molar-refractivity contribution in [2.75, 3.05) is 7.11 Å². The molecule has 0 bridgehead atoms. The van der Waals surface area contributed by atoms with E-state index in [2.05, 4.69) is 0 Å². The molecule has 1 aromatic rings. The van der Waals surface area contributed by atoms with Gasteiger partial charge in [-0.15, -0.1) is 0 Å². The second-order valence-corrected chi connectivity index (χ2v) is 2.47. The Labute approximate surface area is 73.9 Å². The van der Waals surface area contributed by atoms with Crippen LogP contribution in [0, 0.1) is 5.82 Å². The summed E-state index contributed by atoms with van der Waals surface area (Å²) in [4.78, 5) is 10.4. The fourth-order valence-corrected chi connectivity index (χ4v) is 1.04. The summed E-state index contributed by atoms with van der Waals surface area (Å²) in [7, 11) is 1.39. The highest BCUT2D eigenvalue weighted by Crippen LogP contribution is 2.26. The second kappa shape index (κ2) is 3.54. The zero-order valence-electron chi connectivity index (χ0n) is 6.30. The number of ether oxygens (including phenoxy) is 1. The van der Waals surface area contributed by atoms with Crippen LogP contribution in [-0.4, -0.2) is 13.4 Å². The molecule has 0 aromatic heterocycles. The Bertz CT molecular complexity index is 312. The average molecular weight is 189 g/mol. The highest BCUT2D eigenvalue weighted by atomic mass is 35.5. The smallest absolute Gasteiger partial charge is 0.155 e. The lowest BCUT2D eigenvalue weighted by molar-refractivity contribution is 0.112. The van der Waals surface area contributed by atoms with E-state index in [4.69, 9.17) is 16.3 Å². The molecule has 0 unspecified atom stereocenters. The van der Waals surface area contributed by atoms with Crippen LogP contribution in [0.25, 0.3) is 0 Å². The van der Waals surface area contributed by atoms with E-state index in [-0.39, 0.29) is 16.3 Å². The fourth-order valence-electron chi connectivity index (χ4n) is 0.836. The third-order valence-corrected chi connectivity index (χ3v) is 1.81. The van der Waals surface area contributed by atoms with Crippen LogP contribution in [0.1, 0.15) is 10.4 Å². The highest BCUT2D eigenvalue weighted by molar-refractivity contribution is 6.33. The van der Waals surface area contributed by atoms with Crippen molar-refractivity contribution < 1.29 is 13.9 Å². The van der Waals surface area contributed by atoms with Crippen LogP contribution in [0.2, 0.25) is 5.02 Å². The Kier molecular flexibility index (Phi) is 2.65. The minimum atomic E-state index is -0.625. The Morgan fingerprint density at radius 3 is 2.75 bits per heavy atom. The largest absolute Gasteiger partial charge is 0.496 e. The summed E-state index contributed by atoms with van der Waals surface area (Å²) in [5.41, 5.74) is 0.0409. The lowest BCUT2D eigenvalue weighted by Crippen LogP contribution is -1.93. The molecule has 0 atom stereocenters. The molecule has 0 saturated heterocycles. The fraction of sp³-hybridized carbons (Fsp3) is 0.125. The molecule has 4 heteroatoms. The number of hydrogen-bond donors (Lipinski definition) is 0. The third-order valence-electron chi connectivity index (χ3n) is 1.43. The molecule has 12 heavy (non-hydrogen) atoms. The molecule has 0 saturated carbocycles. The van der Waals surface area contributed by atoms with E-state index in [1.54, 1.807) is 0 Å². The Morgan fingerprint density at radius 1 is 1.58 bits per heavy atom. The quantitative estimate of drug-likeness (QED) is 0.666. The summed E-state index contributed by atoms with van der Waals surface area (Å²) in [6.07, 6.45) is 0.463. The maximum Gasteiger partial charge on any atom is 0.155 e. The van der Waals surface area contributed by atoms with Crippen LogP contribution >= 0.6 is 11.6 Å². The standard InChI is InChI=1S/C8H6ClFO2/c1-12-7-3-2-6(10)8(9)5(7)4-11/h2-4H,1H3. The van der Waals surface area contributed by atoms with Gasteiger partial charge in [-0.05, 0) is 12.1 Å². The first-order chi connectivity index (χ1) is 5.70. The van der Waals surface area contributed by atoms with Gasteiger partial charge in [0.25, 0.3) is 0 Å². The zero-order valence-corrected chi connectivity index (χ0v) is 7.06. The molecule has 64 valence electrons. The van der Waals surface area contributed by atoms with E-state index in [1.165, 1.54) is 13.2 Å². The van der Waals surface area contributed by atoms with Gasteiger partial charge in [0.15, 0.2) is 6.29 Å². The normalized spacial score (nSPS) is 9.58. The number of halogens is 2. The van der Waals surface area contributed by atoms with Crippen LogP contribution in [0.5, 0.6) is 5.75 Å². The van der Waals surface area contributed by atoms with Crippen molar-refractivity contribution in [2.45, 2.75) is 0 Å². The van der Waals surface area contributed by atoms with Gasteiger partial charge in [0.1, 0.15) is 11.6 Å². The van der Waals surface area contributed by atoms with Crippen molar-refractivity contribution >= 4 is 17.9 Å². The van der Waals surface area contributed by atoms with Gasteiger partial charge >= 0.3 is 0 Å². The number of benzene rings is 1. The lowest BCUT2D eigenvalue weighted by Gasteiger charge is -2.04. The van der Waals surface area contributed by atoms with Gasteiger partial charge in [0.2, 0.25) is 0 Å². The van der Waals surface area contributed by atoms with E-state index in [9.17, 15) is 9.18 Å². The minimum Gasteiger partial charge on any atom is -0.496 e. The zero-order chi connectivity index (χ0) is 9.14. The maximum absolute atomic E-state index is 12.7. The van der Waals surface area contributed by atoms with E-state index in [1.807, 2.05) is 0 Å². The van der Waals surface area contributed by atoms with Crippen LogP contribution in [-0.2, 0) is 0 Å². The lowest BCUT2D eigenvalue weighted by atomic mass is 10.2. The first-order valence-corrected chi connectivity index (χ1v) is 3.55. The number of hydrogen-bond acceptors (Lipinski definition) is 2. The molecule has 2 nitrogen and oxygen atoms in total. The summed E-state index contributed by atoms with van der Waals surface area (Å²) in [5.74, 6) is -0.351. The van der Waals surface area contributed by atoms with Gasteiger partial charge in [-0.3, -0.25) is 4.79 Å². The Morgan fingerprint density at radius 2 is 2.25 bits per heavy atom. The first kappa shape index (κ1) is 9.00. The monoisotopic (exact) mass is 188 g/mol. The molecule has 0 heterocycles. The number of rotatable bonds is 2. The van der Waals surface area contributed by atoms with Crippen molar-refractivity contribution in [3.05, 3.63) is 28.5 Å². The van der Waals surface area contributed by atoms with Crippen molar-refractivity contribution in [3.8, 4) is 5.75 Å². The van der Waals surface area contributed by atoms with Gasteiger partial charge in [0, 0.05) is 0 Å². The molecular weight excluding hydrogens is 183 g/mol. The maximum atomic E-state index is 12.7. The predicted octanol–water partition coefficient (Wildman–Crippen LogP) is 2.30. The second-order valence-electron chi connectivity index (χ2n) is 2.10. The Balaban J connectivity index is 3.35. The number of methoxy groups -OCH3 is 1. The summed E-state index contributed by atoms with van der Waals surface area (Å²) in [6.45, 7) is 0. The van der Waals surface area contributed by atoms with Crippen molar-refractivity contribution in [1.29, 1.82) is 0 Å². The SMILES string of the molecule is COc1ccc(F)c(Cl)c1C=O. The van der Waals surface area contributed by atoms with Crippen LogP contribution in [0.4, 0.5) is 4.39 Å². The van der Waals surface area contributed by atoms with Crippen LogP contribution < -0.4 is 4.74 Å². The average Bonchev–Trinajstić information content (AvgIpc) is 2.09. The van der Waals surface area contributed by atoms with Crippen molar-refractivity contribution in [1.82, 2.24) is 0 Å². The van der Waals surface area contributed by atoms with Gasteiger partial charge in [0.05, 0.1) is 17.7 Å². The van der Waals surface area contributed by atoms with E-state index >= 15 is 0 Å². The topological polar surface area (TPSA) is 26.3 Å². The third kappa shape index (κ3) is 1.41. The number of aldehydes is 1. The number of carbonyl (C=O) groups excluding carboxylic acids is 1. The molecule has 0 aliphatic rings. The molecule has 0 radical (unpaired) electrons. The molecule has 0 N–H and O–H groups in total. The van der Waals surface area contributed by atoms with Crippen molar-refractivity contribution in [2.24, 2.45) is 0 Å². The minimum absolute atomic E-state index is 0.0409. The highest BCUT2D eigenvalue weighted by Gasteiger charge is 2.10. The molecule has 0 aliphatic carbocycles. The molecule has 0 spiro atoms. The van der Waals surface area contributed by atoms with Crippen molar-refractivity contribution in [3.63, 3.8) is 0 Å². The van der Waals surface area contributed by atoms with Gasteiger partial charge in [-0.25, -0.2) is 4.39 Å². The van der Waals surface area contributed by atoms with Gasteiger partial charge < -0.3 is 4.74 Å². The Hall–Kier alpha value is -1.09. The van der Waals surface area contributed by atoms with E-state index in [0.717, 1.165) is 6.07 Å². The van der Waals surface area contributed by atoms with Gasteiger partial charge in [-0.1, -0.05) is 11.6 Å². The molecule has 0 fully saturated rings. The van der Waals surface area contributed by atoms with Crippen LogP contribution in [0.15, 0.2) is 12.1 Å². The molecular formula is C8H6ClFO2. The summed E-state index contributed by atoms with van der Waals surface area (Å²) in [5, 5.41) is -0.204. The molecule has 0 amide bonds. The molecule has 0 aliphatic heterocycles. The first-order valence-electron chi connectivity index (χ1n) is 3.18. The molecule has 1 aromatic carbocycles.